The van der Waals surface area contributed by atoms with E-state index in [4.69, 9.17) is 5.73 Å². The molecule has 3 nitrogen and oxygen atoms in total. The maximum atomic E-state index is 11.7. The molecule has 3 N–H and O–H groups in total. The number of carbonyl (C=O) groups excluding carboxylic acids is 1. The molecule has 3 heteroatoms. The largest absolute Gasteiger partial charge is 0.368 e. The van der Waals surface area contributed by atoms with Crippen LogP contribution in [0.3, 0.4) is 0 Å². The molecular weight excluding hydrogens is 200 g/mol. The first-order valence-electron chi connectivity index (χ1n) is 6.58. The molecule has 0 spiro atoms. The van der Waals surface area contributed by atoms with Crippen LogP contribution in [0.5, 0.6) is 0 Å². The lowest BCUT2D eigenvalue weighted by molar-refractivity contribution is -0.125. The van der Waals surface area contributed by atoms with Gasteiger partial charge in [-0.3, -0.25) is 4.79 Å². The molecule has 0 saturated heterocycles. The summed E-state index contributed by atoms with van der Waals surface area (Å²) in [6.07, 6.45) is 6.26. The summed E-state index contributed by atoms with van der Waals surface area (Å²) >= 11 is 0. The highest BCUT2D eigenvalue weighted by Gasteiger charge is 2.38. The molecule has 0 aromatic rings. The predicted octanol–water partition coefficient (Wildman–Crippen LogP) is 2.20. The number of amides is 1. The van der Waals surface area contributed by atoms with E-state index < -0.39 is 5.54 Å². The molecule has 1 rings (SSSR count). The predicted molar refractivity (Wildman–Crippen MR) is 67.1 cm³/mol. The van der Waals surface area contributed by atoms with Crippen LogP contribution in [0, 0.1) is 5.92 Å². The van der Waals surface area contributed by atoms with E-state index in [0.717, 1.165) is 38.0 Å². The van der Waals surface area contributed by atoms with Crippen LogP contribution in [0.25, 0.3) is 0 Å². The fourth-order valence-electron chi connectivity index (χ4n) is 2.55. The van der Waals surface area contributed by atoms with E-state index in [2.05, 4.69) is 26.1 Å². The van der Waals surface area contributed by atoms with Gasteiger partial charge in [-0.25, -0.2) is 0 Å². The van der Waals surface area contributed by atoms with Crippen LogP contribution in [-0.4, -0.2) is 17.5 Å². The summed E-state index contributed by atoms with van der Waals surface area (Å²) in [7, 11) is 0. The quantitative estimate of drug-likeness (QED) is 0.722. The average Bonchev–Trinajstić information content (AvgIpc) is 2.42. The summed E-state index contributed by atoms with van der Waals surface area (Å²) in [5.41, 5.74) is 5.17. The first-order valence-corrected chi connectivity index (χ1v) is 6.58. The Labute approximate surface area is 99.2 Å². The minimum Gasteiger partial charge on any atom is -0.368 e. The zero-order valence-corrected chi connectivity index (χ0v) is 10.9. The van der Waals surface area contributed by atoms with Crippen LogP contribution < -0.4 is 11.1 Å². The second kappa shape index (κ2) is 5.67. The lowest BCUT2D eigenvalue weighted by atomic mass is 9.88. The van der Waals surface area contributed by atoms with Gasteiger partial charge in [0.05, 0.1) is 5.54 Å². The Kier molecular flexibility index (Phi) is 4.78. The van der Waals surface area contributed by atoms with Gasteiger partial charge >= 0.3 is 0 Å². The lowest BCUT2D eigenvalue weighted by Crippen LogP contribution is -2.57. The molecule has 3 unspecified atom stereocenters. The van der Waals surface area contributed by atoms with Crippen LogP contribution in [-0.2, 0) is 4.79 Å². The van der Waals surface area contributed by atoms with E-state index >= 15 is 0 Å². The van der Waals surface area contributed by atoms with Gasteiger partial charge in [0.15, 0.2) is 0 Å². The van der Waals surface area contributed by atoms with Crippen molar-refractivity contribution in [2.45, 2.75) is 70.9 Å². The molecule has 0 aliphatic heterocycles. The molecule has 16 heavy (non-hydrogen) atoms. The van der Waals surface area contributed by atoms with Crippen molar-refractivity contribution < 1.29 is 4.79 Å². The Hall–Kier alpha value is -0.570. The van der Waals surface area contributed by atoms with Gasteiger partial charge in [0.25, 0.3) is 0 Å². The van der Waals surface area contributed by atoms with Gasteiger partial charge in [-0.1, -0.05) is 26.7 Å². The van der Waals surface area contributed by atoms with Gasteiger partial charge in [-0.05, 0) is 38.5 Å². The first-order chi connectivity index (χ1) is 7.50. The fourth-order valence-corrected chi connectivity index (χ4v) is 2.55. The number of hydrogen-bond donors (Lipinski definition) is 2. The van der Waals surface area contributed by atoms with Crippen molar-refractivity contribution in [3.05, 3.63) is 0 Å². The third-order valence-electron chi connectivity index (χ3n) is 3.97. The van der Waals surface area contributed by atoms with Crippen molar-refractivity contribution in [2.75, 3.05) is 0 Å². The summed E-state index contributed by atoms with van der Waals surface area (Å²) in [5, 5.41) is 3.47. The van der Waals surface area contributed by atoms with Gasteiger partial charge in [-0.2, -0.15) is 0 Å². The lowest BCUT2D eigenvalue weighted by Gasteiger charge is -2.33. The third-order valence-corrected chi connectivity index (χ3v) is 3.97. The Balaban J connectivity index is 2.74. The Morgan fingerprint density at radius 1 is 1.50 bits per heavy atom. The number of carbonyl (C=O) groups is 1. The average molecular weight is 226 g/mol. The van der Waals surface area contributed by atoms with Crippen molar-refractivity contribution in [2.24, 2.45) is 11.7 Å². The first kappa shape index (κ1) is 13.5. The molecule has 1 aliphatic rings. The number of hydrogen-bond acceptors (Lipinski definition) is 2. The highest BCUT2D eigenvalue weighted by atomic mass is 16.1. The highest BCUT2D eigenvalue weighted by Crippen LogP contribution is 2.30. The molecule has 0 aromatic heterocycles. The molecule has 0 bridgehead atoms. The zero-order valence-electron chi connectivity index (χ0n) is 10.9. The normalized spacial score (nSPS) is 33.1. The second-order valence-corrected chi connectivity index (χ2v) is 5.44. The van der Waals surface area contributed by atoms with Gasteiger partial charge in [0.2, 0.25) is 5.91 Å². The molecule has 1 saturated carbocycles. The Morgan fingerprint density at radius 2 is 2.19 bits per heavy atom. The van der Waals surface area contributed by atoms with E-state index in [-0.39, 0.29) is 5.91 Å². The number of nitrogens with two attached hydrogens (primary N) is 1. The van der Waals surface area contributed by atoms with Crippen LogP contribution in [0.4, 0.5) is 0 Å². The van der Waals surface area contributed by atoms with E-state index in [1.165, 1.54) is 6.42 Å². The monoisotopic (exact) mass is 226 g/mol. The van der Waals surface area contributed by atoms with Gasteiger partial charge in [-0.15, -0.1) is 0 Å². The van der Waals surface area contributed by atoms with Crippen molar-refractivity contribution in [1.29, 1.82) is 0 Å². The van der Waals surface area contributed by atoms with Crippen molar-refractivity contribution in [3.63, 3.8) is 0 Å². The Morgan fingerprint density at radius 3 is 2.75 bits per heavy atom. The summed E-state index contributed by atoms with van der Waals surface area (Å²) in [4.78, 5) is 11.7. The van der Waals surface area contributed by atoms with E-state index in [9.17, 15) is 4.79 Å². The van der Waals surface area contributed by atoms with Gasteiger partial charge in [0.1, 0.15) is 0 Å². The molecule has 0 heterocycles. The van der Waals surface area contributed by atoms with Crippen LogP contribution in [0.1, 0.15) is 59.3 Å². The number of rotatable bonds is 4. The van der Waals surface area contributed by atoms with E-state index in [0.29, 0.717) is 6.04 Å². The summed E-state index contributed by atoms with van der Waals surface area (Å²) in [5.74, 6) is 0.557. The van der Waals surface area contributed by atoms with Crippen LogP contribution >= 0.6 is 0 Å². The second-order valence-electron chi connectivity index (χ2n) is 5.44. The van der Waals surface area contributed by atoms with Crippen LogP contribution in [0.2, 0.25) is 0 Å². The molecular formula is C13H26N2O. The molecule has 94 valence electrons. The van der Waals surface area contributed by atoms with E-state index in [1.54, 1.807) is 0 Å². The molecule has 1 aliphatic carbocycles. The summed E-state index contributed by atoms with van der Waals surface area (Å²) in [6, 6.07) is 0.362. The summed E-state index contributed by atoms with van der Waals surface area (Å²) in [6.45, 7) is 6.52. The van der Waals surface area contributed by atoms with Crippen molar-refractivity contribution in [1.82, 2.24) is 5.32 Å². The standard InChI is InChI=1S/C13H26N2O/c1-4-11(3)15-13(12(14)16)8-5-6-10(2)7-9-13/h10-11,15H,4-9H2,1-3H3,(H2,14,16). The van der Waals surface area contributed by atoms with Gasteiger partial charge in [0, 0.05) is 6.04 Å². The molecule has 1 amide bonds. The molecule has 1 fully saturated rings. The third kappa shape index (κ3) is 3.21. The maximum absolute atomic E-state index is 11.7. The van der Waals surface area contributed by atoms with Crippen molar-refractivity contribution >= 4 is 5.91 Å². The van der Waals surface area contributed by atoms with Gasteiger partial charge < -0.3 is 11.1 Å². The molecule has 0 aromatic carbocycles. The topological polar surface area (TPSA) is 55.1 Å². The fraction of sp³-hybridized carbons (Fsp3) is 0.923. The minimum atomic E-state index is -0.444. The minimum absolute atomic E-state index is 0.165. The van der Waals surface area contributed by atoms with Crippen molar-refractivity contribution in [3.8, 4) is 0 Å². The number of primary amides is 1. The maximum Gasteiger partial charge on any atom is 0.237 e. The number of nitrogens with one attached hydrogen (secondary N) is 1. The van der Waals surface area contributed by atoms with E-state index in [1.807, 2.05) is 0 Å². The smallest absolute Gasteiger partial charge is 0.237 e. The highest BCUT2D eigenvalue weighted by molar-refractivity contribution is 5.84. The molecule has 0 radical (unpaired) electrons. The van der Waals surface area contributed by atoms with Crippen LogP contribution in [0.15, 0.2) is 0 Å². The Bertz CT molecular complexity index is 242. The zero-order chi connectivity index (χ0) is 12.2. The summed E-state index contributed by atoms with van der Waals surface area (Å²) < 4.78 is 0. The molecule has 3 atom stereocenters. The SMILES string of the molecule is CCC(C)NC1(C(N)=O)CCCC(C)CC1.